The smallest absolute Gasteiger partial charge is 0.273 e. The highest BCUT2D eigenvalue weighted by atomic mass is 16.6. The van der Waals surface area contributed by atoms with E-state index >= 15 is 0 Å². The fourth-order valence-corrected chi connectivity index (χ4v) is 0.785. The minimum atomic E-state index is -0.521. The third-order valence-corrected chi connectivity index (χ3v) is 1.36. The third-order valence-electron chi connectivity index (χ3n) is 1.36. The summed E-state index contributed by atoms with van der Waals surface area (Å²) in [7, 11) is 0. The van der Waals surface area contributed by atoms with E-state index in [1.807, 2.05) is 0 Å². The van der Waals surface area contributed by atoms with Gasteiger partial charge in [0.15, 0.2) is 0 Å². The molecule has 5 heteroatoms. The van der Waals surface area contributed by atoms with Gasteiger partial charge in [0.2, 0.25) is 0 Å². The van der Waals surface area contributed by atoms with Gasteiger partial charge < -0.3 is 4.79 Å². The van der Waals surface area contributed by atoms with E-state index in [0.29, 0.717) is 12.0 Å². The Morgan fingerprint density at radius 2 is 2.43 bits per heavy atom. The number of aromatic nitrogens is 1. The molecule has 1 rings (SSSR count). The SMILES string of the molecule is O=CCC#Cc1cc([N+](=O)[O-])ccn1. The van der Waals surface area contributed by atoms with Crippen LogP contribution in [-0.4, -0.2) is 16.2 Å². The number of carbonyl (C=O) groups excluding carboxylic acids is 1. The number of carbonyl (C=O) groups is 1. The number of rotatable bonds is 2. The molecule has 0 atom stereocenters. The Bertz CT molecular complexity index is 418. The molecular formula is C9H6N2O3. The van der Waals surface area contributed by atoms with E-state index in [9.17, 15) is 14.9 Å². The molecule has 1 heterocycles. The van der Waals surface area contributed by atoms with Crippen molar-refractivity contribution in [2.75, 3.05) is 0 Å². The van der Waals surface area contributed by atoms with Crippen LogP contribution in [0, 0.1) is 22.0 Å². The Morgan fingerprint density at radius 3 is 3.07 bits per heavy atom. The first-order chi connectivity index (χ1) is 6.74. The van der Waals surface area contributed by atoms with Crippen LogP contribution >= 0.6 is 0 Å². The van der Waals surface area contributed by atoms with Crippen molar-refractivity contribution in [3.8, 4) is 11.8 Å². The molecular weight excluding hydrogens is 184 g/mol. The molecule has 0 aliphatic heterocycles. The topological polar surface area (TPSA) is 73.1 Å². The zero-order valence-corrected chi connectivity index (χ0v) is 7.14. The van der Waals surface area contributed by atoms with Gasteiger partial charge in [-0.2, -0.15) is 0 Å². The van der Waals surface area contributed by atoms with Crippen molar-refractivity contribution in [2.24, 2.45) is 0 Å². The van der Waals surface area contributed by atoms with Crippen molar-refractivity contribution in [2.45, 2.75) is 6.42 Å². The maximum atomic E-state index is 10.4. The summed E-state index contributed by atoms with van der Waals surface area (Å²) in [5.41, 5.74) is 0.233. The summed E-state index contributed by atoms with van der Waals surface area (Å²) >= 11 is 0. The van der Waals surface area contributed by atoms with E-state index in [2.05, 4.69) is 16.8 Å². The first-order valence-corrected chi connectivity index (χ1v) is 3.77. The second kappa shape index (κ2) is 4.72. The second-order valence-corrected chi connectivity index (χ2v) is 2.33. The fourth-order valence-electron chi connectivity index (χ4n) is 0.785. The first kappa shape index (κ1) is 9.86. The van der Waals surface area contributed by atoms with E-state index in [4.69, 9.17) is 0 Å². The van der Waals surface area contributed by atoms with Crippen molar-refractivity contribution in [3.63, 3.8) is 0 Å². The van der Waals surface area contributed by atoms with Crippen LogP contribution in [0.4, 0.5) is 5.69 Å². The van der Waals surface area contributed by atoms with Gasteiger partial charge in [-0.1, -0.05) is 5.92 Å². The quantitative estimate of drug-likeness (QED) is 0.301. The first-order valence-electron chi connectivity index (χ1n) is 3.77. The summed E-state index contributed by atoms with van der Waals surface area (Å²) < 4.78 is 0. The van der Waals surface area contributed by atoms with Crippen molar-refractivity contribution in [1.29, 1.82) is 0 Å². The molecule has 0 aliphatic rings. The molecule has 0 aliphatic carbocycles. The molecule has 0 radical (unpaired) electrons. The lowest BCUT2D eigenvalue weighted by Gasteiger charge is -1.90. The normalized spacial score (nSPS) is 8.57. The van der Waals surface area contributed by atoms with Crippen LogP contribution in [0.5, 0.6) is 0 Å². The predicted octanol–water partition coefficient (Wildman–Crippen LogP) is 0.930. The fraction of sp³-hybridized carbons (Fsp3) is 0.111. The van der Waals surface area contributed by atoms with Crippen LogP contribution in [0.15, 0.2) is 18.3 Å². The van der Waals surface area contributed by atoms with Crippen LogP contribution in [0.2, 0.25) is 0 Å². The lowest BCUT2D eigenvalue weighted by molar-refractivity contribution is -0.385. The van der Waals surface area contributed by atoms with E-state index in [0.717, 1.165) is 0 Å². The monoisotopic (exact) mass is 190 g/mol. The maximum absolute atomic E-state index is 10.4. The molecule has 70 valence electrons. The zero-order valence-electron chi connectivity index (χ0n) is 7.14. The molecule has 0 bridgehead atoms. The zero-order chi connectivity index (χ0) is 10.4. The molecule has 0 spiro atoms. The summed E-state index contributed by atoms with van der Waals surface area (Å²) in [5.74, 6) is 5.06. The van der Waals surface area contributed by atoms with Gasteiger partial charge >= 0.3 is 0 Å². The molecule has 1 aromatic heterocycles. The summed E-state index contributed by atoms with van der Waals surface area (Å²) in [6, 6.07) is 2.54. The van der Waals surface area contributed by atoms with Crippen LogP contribution < -0.4 is 0 Å². The van der Waals surface area contributed by atoms with Crippen LogP contribution in [0.25, 0.3) is 0 Å². The van der Waals surface area contributed by atoms with Gasteiger partial charge in [-0.15, -0.1) is 0 Å². The summed E-state index contributed by atoms with van der Waals surface area (Å²) in [5, 5.41) is 10.4. The average Bonchev–Trinajstić information content (AvgIpc) is 2.19. The minimum Gasteiger partial charge on any atom is -0.302 e. The van der Waals surface area contributed by atoms with Crippen LogP contribution in [0.3, 0.4) is 0 Å². The number of pyridine rings is 1. The average molecular weight is 190 g/mol. The maximum Gasteiger partial charge on any atom is 0.273 e. The van der Waals surface area contributed by atoms with Crippen LogP contribution in [0.1, 0.15) is 12.1 Å². The van der Waals surface area contributed by atoms with Gasteiger partial charge in [0, 0.05) is 12.3 Å². The van der Waals surface area contributed by atoms with E-state index in [1.165, 1.54) is 18.3 Å². The molecule has 0 aromatic carbocycles. The van der Waals surface area contributed by atoms with Crippen molar-refractivity contribution < 1.29 is 9.72 Å². The lowest BCUT2D eigenvalue weighted by Crippen LogP contribution is -1.90. The second-order valence-electron chi connectivity index (χ2n) is 2.33. The lowest BCUT2D eigenvalue weighted by atomic mass is 10.3. The number of nitrogens with zero attached hydrogens (tertiary/aromatic N) is 2. The molecule has 0 fully saturated rings. The Kier molecular flexibility index (Phi) is 3.33. The molecule has 5 nitrogen and oxygen atoms in total. The van der Waals surface area contributed by atoms with Crippen molar-refractivity contribution in [1.82, 2.24) is 4.98 Å². The Labute approximate surface area is 79.9 Å². The Morgan fingerprint density at radius 1 is 1.64 bits per heavy atom. The van der Waals surface area contributed by atoms with Crippen LogP contribution in [-0.2, 0) is 4.79 Å². The molecule has 1 aromatic rings. The van der Waals surface area contributed by atoms with Gasteiger partial charge in [-0.3, -0.25) is 10.1 Å². The highest BCUT2D eigenvalue weighted by Crippen LogP contribution is 2.09. The van der Waals surface area contributed by atoms with Gasteiger partial charge in [0.25, 0.3) is 5.69 Å². The summed E-state index contributed by atoms with van der Waals surface area (Å²) in [6.07, 6.45) is 2.07. The molecule has 14 heavy (non-hydrogen) atoms. The number of aldehydes is 1. The largest absolute Gasteiger partial charge is 0.302 e. The van der Waals surface area contributed by atoms with Crippen molar-refractivity contribution in [3.05, 3.63) is 34.1 Å². The Balaban J connectivity index is 2.90. The van der Waals surface area contributed by atoms with Crippen molar-refractivity contribution >= 4 is 12.0 Å². The number of hydrogen-bond donors (Lipinski definition) is 0. The third kappa shape index (κ3) is 2.68. The van der Waals surface area contributed by atoms with Gasteiger partial charge in [0.05, 0.1) is 17.4 Å². The molecule has 0 unspecified atom stereocenters. The van der Waals surface area contributed by atoms with Gasteiger partial charge in [-0.05, 0) is 5.92 Å². The predicted molar refractivity (Wildman–Crippen MR) is 48.5 cm³/mol. The summed E-state index contributed by atoms with van der Waals surface area (Å²) in [6.45, 7) is 0. The van der Waals surface area contributed by atoms with Gasteiger partial charge in [-0.25, -0.2) is 4.98 Å². The highest BCUT2D eigenvalue weighted by molar-refractivity contribution is 5.54. The van der Waals surface area contributed by atoms with E-state index < -0.39 is 4.92 Å². The molecule has 0 amide bonds. The highest BCUT2D eigenvalue weighted by Gasteiger charge is 2.04. The molecule has 0 saturated carbocycles. The Hall–Kier alpha value is -2.22. The molecule has 0 N–H and O–H groups in total. The number of nitro groups is 1. The van der Waals surface area contributed by atoms with E-state index in [1.54, 1.807) is 0 Å². The summed E-state index contributed by atoms with van der Waals surface area (Å²) in [4.78, 5) is 23.6. The molecule has 0 saturated heterocycles. The standard InChI is InChI=1S/C9H6N2O3/c12-6-2-1-3-8-7-9(11(13)14)4-5-10-8/h4-7H,2H2. The van der Waals surface area contributed by atoms with Gasteiger partial charge in [0.1, 0.15) is 12.0 Å². The van der Waals surface area contributed by atoms with E-state index in [-0.39, 0.29) is 12.1 Å². The number of hydrogen-bond acceptors (Lipinski definition) is 4. The minimum absolute atomic E-state index is 0.0598.